The molecule has 8 aromatic rings. The molecule has 0 atom stereocenters. The highest BCUT2D eigenvalue weighted by atomic mass is 15.1. The van der Waals surface area contributed by atoms with Crippen molar-refractivity contribution in [2.75, 3.05) is 4.90 Å². The van der Waals surface area contributed by atoms with Crippen LogP contribution in [0.5, 0.6) is 0 Å². The maximum absolute atomic E-state index is 4.33. The van der Waals surface area contributed by atoms with Crippen molar-refractivity contribution >= 4 is 11.4 Å². The molecule has 0 radical (unpaired) electrons. The predicted molar refractivity (Wildman–Crippen MR) is 272 cm³/mol. The summed E-state index contributed by atoms with van der Waals surface area (Å²) in [5, 5.41) is 0. The van der Waals surface area contributed by atoms with Crippen LogP contribution in [0, 0.1) is 6.92 Å². The zero-order chi connectivity index (χ0) is 43.7. The van der Waals surface area contributed by atoms with Crippen LogP contribution in [0.15, 0.2) is 255 Å². The van der Waals surface area contributed by atoms with Gasteiger partial charge in [-0.2, -0.15) is 0 Å². The van der Waals surface area contributed by atoms with Gasteiger partial charge in [-0.3, -0.25) is 0 Å². The Hall–Kier alpha value is -7.48. The number of benzene rings is 8. The lowest BCUT2D eigenvalue weighted by Crippen LogP contribution is -2.14. The van der Waals surface area contributed by atoms with Crippen LogP contribution in [0.2, 0.25) is 0 Å². The summed E-state index contributed by atoms with van der Waals surface area (Å²) < 4.78 is 0. The van der Waals surface area contributed by atoms with Crippen LogP contribution < -0.4 is 4.90 Å². The van der Waals surface area contributed by atoms with Gasteiger partial charge in [0.15, 0.2) is 0 Å². The van der Waals surface area contributed by atoms with E-state index in [9.17, 15) is 0 Å². The standard InChI is InChI=1S/C35H29N.C23H22.C3H6/c1-4-27(3)36(34-21-19-31(20-22-34)30-17-15-26(2)16-18-30)35-24-32(28-11-7-5-8-12-28)23-33(25-35)29-13-9-6-10-14-29;1-3-18(2)14-19-15-22(20-10-6-4-7-11-20)17-23(16-19)21-12-8-5-9-13-21;1-3-2/h4-25H,1,3H2,2H3;3-13,15-17H,14H2,1-2H3;3H,1H2,2H3/b;18-3+;. The van der Waals surface area contributed by atoms with Gasteiger partial charge in [0.1, 0.15) is 0 Å². The van der Waals surface area contributed by atoms with Crippen LogP contribution in [-0.4, -0.2) is 0 Å². The minimum absolute atomic E-state index is 0.822. The van der Waals surface area contributed by atoms with Crippen molar-refractivity contribution in [1.82, 2.24) is 0 Å². The molecule has 8 aromatic carbocycles. The third-order valence-corrected chi connectivity index (χ3v) is 10.6. The number of anilines is 2. The normalized spacial score (nSPS) is 10.6. The summed E-state index contributed by atoms with van der Waals surface area (Å²) in [5.41, 5.74) is 19.1. The van der Waals surface area contributed by atoms with Crippen molar-refractivity contribution in [1.29, 1.82) is 0 Å². The molecule has 0 bridgehead atoms. The summed E-state index contributed by atoms with van der Waals surface area (Å²) >= 11 is 0. The van der Waals surface area contributed by atoms with E-state index in [1.807, 2.05) is 25.1 Å². The van der Waals surface area contributed by atoms with Gasteiger partial charge in [-0.25, -0.2) is 0 Å². The van der Waals surface area contributed by atoms with E-state index in [2.05, 4.69) is 246 Å². The molecule has 0 heterocycles. The summed E-state index contributed by atoms with van der Waals surface area (Å²) in [6.07, 6.45) is 6.75. The highest BCUT2D eigenvalue weighted by Gasteiger charge is 2.15. The molecule has 1 nitrogen and oxygen atoms in total. The van der Waals surface area contributed by atoms with Crippen molar-refractivity contribution < 1.29 is 0 Å². The summed E-state index contributed by atoms with van der Waals surface area (Å²) in [4.78, 5) is 2.17. The fourth-order valence-electron chi connectivity index (χ4n) is 7.27. The smallest absolute Gasteiger partial charge is 0.0473 e. The lowest BCUT2D eigenvalue weighted by atomic mass is 9.94. The molecule has 306 valence electrons. The molecule has 0 aromatic heterocycles. The van der Waals surface area contributed by atoms with E-state index < -0.39 is 0 Å². The first-order chi connectivity index (χ1) is 30.3. The Morgan fingerprint density at radius 1 is 0.435 bits per heavy atom. The van der Waals surface area contributed by atoms with E-state index in [0.717, 1.165) is 34.6 Å². The SMILES string of the molecule is C/C=C(\C)Cc1cc(-c2ccccc2)cc(-c2ccccc2)c1.C=CC.C=CC(=C)N(c1ccc(-c2ccc(C)cc2)cc1)c1cc(-c2ccccc2)cc(-c2ccccc2)c1. The van der Waals surface area contributed by atoms with Gasteiger partial charge in [-0.05, 0) is 138 Å². The molecular formula is C61H57N. The van der Waals surface area contributed by atoms with Crippen molar-refractivity contribution in [3.05, 3.63) is 267 Å². The Bertz CT molecular complexity index is 2570. The van der Waals surface area contributed by atoms with E-state index >= 15 is 0 Å². The third kappa shape index (κ3) is 11.8. The monoisotopic (exact) mass is 803 g/mol. The van der Waals surface area contributed by atoms with Gasteiger partial charge < -0.3 is 4.90 Å². The van der Waals surface area contributed by atoms with Crippen molar-refractivity contribution in [3.63, 3.8) is 0 Å². The zero-order valence-electron chi connectivity index (χ0n) is 36.6. The molecule has 0 amide bonds. The molecular weight excluding hydrogens is 747 g/mol. The van der Waals surface area contributed by atoms with Crippen LogP contribution in [0.25, 0.3) is 55.6 Å². The van der Waals surface area contributed by atoms with Gasteiger partial charge in [0.25, 0.3) is 0 Å². The summed E-state index contributed by atoms with van der Waals surface area (Å²) in [5.74, 6) is 0. The highest BCUT2D eigenvalue weighted by Crippen LogP contribution is 2.38. The minimum Gasteiger partial charge on any atom is -0.311 e. The second-order valence-electron chi connectivity index (χ2n) is 15.3. The average Bonchev–Trinajstić information content (AvgIpc) is 3.33. The van der Waals surface area contributed by atoms with Crippen molar-refractivity contribution in [3.8, 4) is 55.6 Å². The fraction of sp³-hybridized carbons (Fsp3) is 0.0820. The summed E-state index contributed by atoms with van der Waals surface area (Å²) in [7, 11) is 0. The maximum Gasteiger partial charge on any atom is 0.0473 e. The van der Waals surface area contributed by atoms with Crippen LogP contribution in [0.3, 0.4) is 0 Å². The maximum atomic E-state index is 4.33. The van der Waals surface area contributed by atoms with Gasteiger partial charge in [0.05, 0.1) is 0 Å². The van der Waals surface area contributed by atoms with E-state index in [-0.39, 0.29) is 0 Å². The second kappa shape index (κ2) is 22.2. The lowest BCUT2D eigenvalue weighted by Gasteiger charge is -2.27. The number of aryl methyl sites for hydroxylation is 1. The Labute approximate surface area is 371 Å². The van der Waals surface area contributed by atoms with Gasteiger partial charge >= 0.3 is 0 Å². The Kier molecular flexibility index (Phi) is 15.8. The van der Waals surface area contributed by atoms with Crippen molar-refractivity contribution in [2.45, 2.75) is 34.1 Å². The zero-order valence-corrected chi connectivity index (χ0v) is 36.6. The fourth-order valence-corrected chi connectivity index (χ4v) is 7.27. The molecule has 0 aliphatic rings. The highest BCUT2D eigenvalue weighted by molar-refractivity contribution is 5.83. The molecule has 0 saturated heterocycles. The number of nitrogens with zero attached hydrogens (tertiary/aromatic N) is 1. The quantitative estimate of drug-likeness (QED) is 0.0930. The number of allylic oxidation sites excluding steroid dienone is 4. The van der Waals surface area contributed by atoms with Crippen LogP contribution in [0.1, 0.15) is 31.9 Å². The Morgan fingerprint density at radius 3 is 1.13 bits per heavy atom. The summed E-state index contributed by atoms with van der Waals surface area (Å²) in [6.45, 7) is 20.0. The molecule has 0 N–H and O–H groups in total. The van der Waals surface area contributed by atoms with E-state index in [1.54, 1.807) is 6.08 Å². The topological polar surface area (TPSA) is 3.24 Å². The number of rotatable bonds is 11. The van der Waals surface area contributed by atoms with Crippen LogP contribution in [0.4, 0.5) is 11.4 Å². The van der Waals surface area contributed by atoms with Gasteiger partial charge in [-0.15, -0.1) is 6.58 Å². The van der Waals surface area contributed by atoms with E-state index in [4.69, 9.17) is 0 Å². The molecule has 1 heteroatoms. The minimum atomic E-state index is 0.822. The van der Waals surface area contributed by atoms with Gasteiger partial charge in [0, 0.05) is 17.1 Å². The van der Waals surface area contributed by atoms with Crippen LogP contribution >= 0.6 is 0 Å². The van der Waals surface area contributed by atoms with Crippen molar-refractivity contribution in [2.24, 2.45) is 0 Å². The summed E-state index contributed by atoms with van der Waals surface area (Å²) in [6, 6.07) is 73.1. The number of hydrogen-bond donors (Lipinski definition) is 0. The first kappa shape index (κ1) is 44.1. The lowest BCUT2D eigenvalue weighted by molar-refractivity contribution is 1.14. The molecule has 62 heavy (non-hydrogen) atoms. The first-order valence-corrected chi connectivity index (χ1v) is 21.3. The largest absolute Gasteiger partial charge is 0.311 e. The second-order valence-corrected chi connectivity index (χ2v) is 15.3. The van der Waals surface area contributed by atoms with E-state index in [1.165, 1.54) is 61.2 Å². The average molecular weight is 804 g/mol. The molecule has 0 aliphatic carbocycles. The Balaban J connectivity index is 0.000000212. The molecule has 0 unspecified atom stereocenters. The predicted octanol–water partition coefficient (Wildman–Crippen LogP) is 17.6. The molecule has 0 fully saturated rings. The molecule has 8 rings (SSSR count). The van der Waals surface area contributed by atoms with Gasteiger partial charge in [0.2, 0.25) is 0 Å². The van der Waals surface area contributed by atoms with Crippen LogP contribution in [-0.2, 0) is 6.42 Å². The van der Waals surface area contributed by atoms with Gasteiger partial charge in [-0.1, -0.05) is 206 Å². The molecule has 0 spiro atoms. The first-order valence-electron chi connectivity index (χ1n) is 21.3. The third-order valence-electron chi connectivity index (χ3n) is 10.6. The van der Waals surface area contributed by atoms with E-state index in [0.29, 0.717) is 0 Å². The Morgan fingerprint density at radius 2 is 0.774 bits per heavy atom. The number of hydrogen-bond acceptors (Lipinski definition) is 1. The molecule has 0 saturated carbocycles. The molecule has 0 aliphatic heterocycles.